The number of nitrogens with one attached hydrogen (secondary N) is 1. The zero-order chi connectivity index (χ0) is 16.5. The molecule has 0 saturated carbocycles. The van der Waals surface area contributed by atoms with Crippen molar-refractivity contribution in [3.05, 3.63) is 54.6 Å². The number of anilines is 1. The molecule has 0 atom stereocenters. The summed E-state index contributed by atoms with van der Waals surface area (Å²) in [6.45, 7) is 2.39. The highest BCUT2D eigenvalue weighted by molar-refractivity contribution is 5.88. The van der Waals surface area contributed by atoms with Gasteiger partial charge in [0.15, 0.2) is 0 Å². The van der Waals surface area contributed by atoms with Crippen LogP contribution in [0.3, 0.4) is 0 Å². The molecular formula is C18H22N2O3. The van der Waals surface area contributed by atoms with Gasteiger partial charge in [-0.05, 0) is 30.7 Å². The summed E-state index contributed by atoms with van der Waals surface area (Å²) in [6.07, 6.45) is 2.79. The number of hydrogen-bond acceptors (Lipinski definition) is 3. The maximum Gasteiger partial charge on any atom is 0.345 e. The Labute approximate surface area is 136 Å². The van der Waals surface area contributed by atoms with E-state index in [0.717, 1.165) is 25.0 Å². The minimum absolute atomic E-state index is 0.319. The molecule has 2 aromatic carbocycles. The van der Waals surface area contributed by atoms with E-state index >= 15 is 0 Å². The van der Waals surface area contributed by atoms with Crippen molar-refractivity contribution < 1.29 is 14.7 Å². The Bertz CT molecular complexity index is 617. The second-order valence-corrected chi connectivity index (χ2v) is 5.20. The molecule has 0 unspecified atom stereocenters. The summed E-state index contributed by atoms with van der Waals surface area (Å²) >= 11 is 0. The molecular weight excluding hydrogens is 292 g/mol. The summed E-state index contributed by atoms with van der Waals surface area (Å²) in [4.78, 5) is 11.9. The number of rotatable bonds is 7. The van der Waals surface area contributed by atoms with Gasteiger partial charge in [0.05, 0.1) is 6.54 Å². The summed E-state index contributed by atoms with van der Waals surface area (Å²) in [5, 5.41) is 13.1. The molecule has 0 heterocycles. The Hall–Kier alpha value is -2.53. The molecule has 5 heteroatoms. The predicted octanol–water partition coefficient (Wildman–Crippen LogP) is 4.89. The standard InChI is InChI=1S/C18H22N2O3/c1-2-3-7-13-20(22)18(21)19-15-9-8-12-17(14-15)23-16-10-5-4-6-11-16/h4-6,8-12,14,22H,2-3,7,13H2,1H3,(H,19,21). The lowest BCUT2D eigenvalue weighted by Crippen LogP contribution is -2.32. The molecule has 2 amide bonds. The van der Waals surface area contributed by atoms with Crippen LogP contribution in [0.2, 0.25) is 0 Å². The van der Waals surface area contributed by atoms with Crippen molar-refractivity contribution in [1.29, 1.82) is 0 Å². The first-order chi connectivity index (χ1) is 11.2. The van der Waals surface area contributed by atoms with Crippen LogP contribution in [0.15, 0.2) is 54.6 Å². The highest BCUT2D eigenvalue weighted by atomic mass is 16.5. The Morgan fingerprint density at radius 2 is 1.83 bits per heavy atom. The van der Waals surface area contributed by atoms with Crippen LogP contribution < -0.4 is 10.1 Å². The molecule has 0 bridgehead atoms. The van der Waals surface area contributed by atoms with E-state index in [1.807, 2.05) is 30.3 Å². The second-order valence-electron chi connectivity index (χ2n) is 5.20. The van der Waals surface area contributed by atoms with Crippen molar-refractivity contribution in [3.8, 4) is 11.5 Å². The molecule has 2 aromatic rings. The van der Waals surface area contributed by atoms with Crippen LogP contribution in [-0.2, 0) is 0 Å². The first-order valence-corrected chi connectivity index (χ1v) is 7.79. The molecule has 0 aliphatic rings. The van der Waals surface area contributed by atoms with Gasteiger partial charge in [-0.2, -0.15) is 0 Å². The average Bonchev–Trinajstić information content (AvgIpc) is 2.56. The first-order valence-electron chi connectivity index (χ1n) is 7.79. The third-order valence-corrected chi connectivity index (χ3v) is 3.27. The highest BCUT2D eigenvalue weighted by Gasteiger charge is 2.10. The van der Waals surface area contributed by atoms with Gasteiger partial charge in [-0.25, -0.2) is 9.86 Å². The van der Waals surface area contributed by atoms with E-state index < -0.39 is 6.03 Å². The predicted molar refractivity (Wildman–Crippen MR) is 90.0 cm³/mol. The van der Waals surface area contributed by atoms with Crippen molar-refractivity contribution >= 4 is 11.7 Å². The van der Waals surface area contributed by atoms with Crippen molar-refractivity contribution in [2.75, 3.05) is 11.9 Å². The van der Waals surface area contributed by atoms with Crippen LogP contribution in [0.25, 0.3) is 0 Å². The molecule has 0 aliphatic carbocycles. The van der Waals surface area contributed by atoms with Gasteiger partial charge in [0, 0.05) is 11.8 Å². The van der Waals surface area contributed by atoms with E-state index in [1.54, 1.807) is 24.3 Å². The number of carbonyl (C=O) groups excluding carboxylic acids is 1. The SMILES string of the molecule is CCCCCN(O)C(=O)Nc1cccc(Oc2ccccc2)c1. The van der Waals surface area contributed by atoms with E-state index in [0.29, 0.717) is 23.0 Å². The number of carbonyl (C=O) groups is 1. The smallest absolute Gasteiger partial charge is 0.345 e. The third-order valence-electron chi connectivity index (χ3n) is 3.27. The Kier molecular flexibility index (Phi) is 6.44. The lowest BCUT2D eigenvalue weighted by atomic mass is 10.2. The Morgan fingerprint density at radius 1 is 1.09 bits per heavy atom. The molecule has 5 nitrogen and oxygen atoms in total. The number of hydroxylamine groups is 2. The number of hydrogen-bond donors (Lipinski definition) is 2. The molecule has 0 aromatic heterocycles. The van der Waals surface area contributed by atoms with Crippen molar-refractivity contribution in [2.24, 2.45) is 0 Å². The monoisotopic (exact) mass is 314 g/mol. The summed E-state index contributed by atoms with van der Waals surface area (Å²) in [5.74, 6) is 1.34. The first kappa shape index (κ1) is 16.8. The van der Waals surface area contributed by atoms with Gasteiger partial charge in [0.2, 0.25) is 0 Å². The van der Waals surface area contributed by atoms with Gasteiger partial charge in [0.1, 0.15) is 11.5 Å². The molecule has 2 N–H and O–H groups in total. The number of nitrogens with zero attached hydrogens (tertiary/aromatic N) is 1. The van der Waals surface area contributed by atoms with E-state index in [4.69, 9.17) is 4.74 Å². The topological polar surface area (TPSA) is 61.8 Å². The minimum Gasteiger partial charge on any atom is -0.457 e. The summed E-state index contributed by atoms with van der Waals surface area (Å²) in [7, 11) is 0. The fourth-order valence-electron chi connectivity index (χ4n) is 2.06. The van der Waals surface area contributed by atoms with Crippen LogP contribution >= 0.6 is 0 Å². The lowest BCUT2D eigenvalue weighted by Gasteiger charge is -2.16. The van der Waals surface area contributed by atoms with Crippen LogP contribution in [-0.4, -0.2) is 22.8 Å². The molecule has 0 fully saturated rings. The number of para-hydroxylation sites is 1. The normalized spacial score (nSPS) is 10.2. The van der Waals surface area contributed by atoms with E-state index in [1.165, 1.54) is 0 Å². The van der Waals surface area contributed by atoms with E-state index in [-0.39, 0.29) is 0 Å². The number of benzene rings is 2. The molecule has 0 saturated heterocycles. The molecule has 23 heavy (non-hydrogen) atoms. The van der Waals surface area contributed by atoms with Gasteiger partial charge < -0.3 is 10.1 Å². The highest BCUT2D eigenvalue weighted by Crippen LogP contribution is 2.23. The number of ether oxygens (including phenoxy) is 1. The fourth-order valence-corrected chi connectivity index (χ4v) is 2.06. The maximum absolute atomic E-state index is 11.9. The van der Waals surface area contributed by atoms with Gasteiger partial charge in [-0.15, -0.1) is 0 Å². The van der Waals surface area contributed by atoms with Crippen LogP contribution in [0, 0.1) is 0 Å². The zero-order valence-corrected chi connectivity index (χ0v) is 13.2. The minimum atomic E-state index is -0.544. The van der Waals surface area contributed by atoms with Gasteiger partial charge in [-0.1, -0.05) is 44.0 Å². The van der Waals surface area contributed by atoms with E-state index in [2.05, 4.69) is 12.2 Å². The number of unbranched alkanes of at least 4 members (excludes halogenated alkanes) is 2. The van der Waals surface area contributed by atoms with Crippen LogP contribution in [0.4, 0.5) is 10.5 Å². The summed E-state index contributed by atoms with van der Waals surface area (Å²) in [6, 6.07) is 15.9. The van der Waals surface area contributed by atoms with Crippen molar-refractivity contribution in [1.82, 2.24) is 5.06 Å². The van der Waals surface area contributed by atoms with Crippen LogP contribution in [0.5, 0.6) is 11.5 Å². The Balaban J connectivity index is 1.93. The number of amides is 2. The lowest BCUT2D eigenvalue weighted by molar-refractivity contribution is -0.0381. The quantitative estimate of drug-likeness (QED) is 0.434. The van der Waals surface area contributed by atoms with E-state index in [9.17, 15) is 10.0 Å². The van der Waals surface area contributed by atoms with Crippen molar-refractivity contribution in [3.63, 3.8) is 0 Å². The van der Waals surface area contributed by atoms with Crippen LogP contribution in [0.1, 0.15) is 26.2 Å². The molecule has 122 valence electrons. The maximum atomic E-state index is 11.9. The Morgan fingerprint density at radius 3 is 2.57 bits per heavy atom. The fraction of sp³-hybridized carbons (Fsp3) is 0.278. The average molecular weight is 314 g/mol. The third kappa shape index (κ3) is 5.64. The van der Waals surface area contributed by atoms with Gasteiger partial charge in [-0.3, -0.25) is 5.21 Å². The second kappa shape index (κ2) is 8.80. The van der Waals surface area contributed by atoms with Gasteiger partial charge in [0.25, 0.3) is 0 Å². The molecule has 0 spiro atoms. The van der Waals surface area contributed by atoms with Crippen molar-refractivity contribution in [2.45, 2.75) is 26.2 Å². The molecule has 0 aliphatic heterocycles. The molecule has 2 rings (SSSR count). The van der Waals surface area contributed by atoms with Gasteiger partial charge >= 0.3 is 6.03 Å². The largest absolute Gasteiger partial charge is 0.457 e. The molecule has 0 radical (unpaired) electrons. The summed E-state index contributed by atoms with van der Waals surface area (Å²) < 4.78 is 5.71. The number of urea groups is 1. The zero-order valence-electron chi connectivity index (χ0n) is 13.2. The summed E-state index contributed by atoms with van der Waals surface area (Å²) in [5.41, 5.74) is 0.568.